The summed E-state index contributed by atoms with van der Waals surface area (Å²) >= 11 is 0. The summed E-state index contributed by atoms with van der Waals surface area (Å²) in [4.78, 5) is 21.4. The summed E-state index contributed by atoms with van der Waals surface area (Å²) in [7, 11) is 1.20. The molecule has 2 aromatic heterocycles. The maximum absolute atomic E-state index is 14.6. The molecule has 0 amide bonds. The number of hydrogen-bond donors (Lipinski definition) is 0. The molecular formula is C31H15F9N2O2. The van der Waals surface area contributed by atoms with Gasteiger partial charge in [0.2, 0.25) is 0 Å². The van der Waals surface area contributed by atoms with Gasteiger partial charge in [-0.2, -0.15) is 39.5 Å². The van der Waals surface area contributed by atoms with Gasteiger partial charge in [-0.3, -0.25) is 4.79 Å². The molecule has 0 saturated heterocycles. The van der Waals surface area contributed by atoms with Crippen molar-refractivity contribution in [3.8, 4) is 17.0 Å². The molecule has 0 unspecified atom stereocenters. The van der Waals surface area contributed by atoms with Crippen molar-refractivity contribution >= 4 is 49.3 Å². The minimum absolute atomic E-state index is 0.000143. The molecule has 0 aliphatic carbocycles. The quantitative estimate of drug-likeness (QED) is 0.0858. The first-order valence-electron chi connectivity index (χ1n) is 12.6. The summed E-state index contributed by atoms with van der Waals surface area (Å²) in [5, 5.41) is -3.15. The standard InChI is InChI=1S/C31H15F9N2O2/c1-44-15-7-10-22-18(11-15)25(30(35,36)37)20-12-19(28(43)31(38,39)40)24-17(26(20)41-22)9-8-16-21(29(32,33)34)13-23(42-27(16)24)14-5-3-2-4-6-14/h2-13H,1H3. The van der Waals surface area contributed by atoms with E-state index >= 15 is 0 Å². The minimum Gasteiger partial charge on any atom is -0.497 e. The van der Waals surface area contributed by atoms with Gasteiger partial charge in [0.25, 0.3) is 5.78 Å². The third-order valence-corrected chi connectivity index (χ3v) is 7.18. The number of Topliss-reactive ketones (excluding diaryl/α,β-unsaturated/α-hetero) is 1. The number of aromatic nitrogens is 2. The number of ether oxygens (including phenoxy) is 1. The van der Waals surface area contributed by atoms with Crippen LogP contribution in [-0.2, 0) is 12.4 Å². The van der Waals surface area contributed by atoms with Crippen LogP contribution in [0.25, 0.3) is 54.7 Å². The number of fused-ring (bicyclic) bond motifs is 6. The topological polar surface area (TPSA) is 52.1 Å². The van der Waals surface area contributed by atoms with Gasteiger partial charge in [-0.05, 0) is 30.3 Å². The van der Waals surface area contributed by atoms with Crippen LogP contribution in [0.5, 0.6) is 5.75 Å². The number of carbonyl (C=O) groups excluding carboxylic acids is 1. The molecule has 44 heavy (non-hydrogen) atoms. The lowest BCUT2D eigenvalue weighted by molar-refractivity contribution is -0.136. The van der Waals surface area contributed by atoms with Crippen LogP contribution >= 0.6 is 0 Å². The van der Waals surface area contributed by atoms with Crippen molar-refractivity contribution in [2.45, 2.75) is 18.5 Å². The highest BCUT2D eigenvalue weighted by atomic mass is 19.4. The van der Waals surface area contributed by atoms with Crippen LogP contribution in [0, 0.1) is 0 Å². The van der Waals surface area contributed by atoms with Crippen LogP contribution in [0.3, 0.4) is 0 Å². The average Bonchev–Trinajstić information content (AvgIpc) is 2.96. The van der Waals surface area contributed by atoms with Crippen molar-refractivity contribution in [1.82, 2.24) is 9.97 Å². The normalized spacial score (nSPS) is 12.9. The highest BCUT2D eigenvalue weighted by molar-refractivity contribution is 6.26. The Morgan fingerprint density at radius 1 is 0.682 bits per heavy atom. The van der Waals surface area contributed by atoms with Crippen LogP contribution in [0.2, 0.25) is 0 Å². The number of nitrogens with zero attached hydrogens (tertiary/aromatic N) is 2. The summed E-state index contributed by atoms with van der Waals surface area (Å²) in [6.45, 7) is 0. The molecule has 2 heterocycles. The van der Waals surface area contributed by atoms with Crippen LogP contribution in [0.4, 0.5) is 39.5 Å². The van der Waals surface area contributed by atoms with Crippen molar-refractivity contribution in [2.75, 3.05) is 7.11 Å². The number of carbonyl (C=O) groups is 1. The Hall–Kier alpha value is -4.94. The molecule has 0 bridgehead atoms. The van der Waals surface area contributed by atoms with E-state index in [-0.39, 0.29) is 22.5 Å². The van der Waals surface area contributed by atoms with E-state index in [4.69, 9.17) is 4.74 Å². The van der Waals surface area contributed by atoms with Gasteiger partial charge in [-0.1, -0.05) is 42.5 Å². The zero-order chi connectivity index (χ0) is 31.8. The number of methoxy groups -OCH3 is 1. The zero-order valence-corrected chi connectivity index (χ0v) is 22.0. The van der Waals surface area contributed by atoms with E-state index in [2.05, 4.69) is 9.97 Å². The van der Waals surface area contributed by atoms with Crippen molar-refractivity contribution < 1.29 is 49.0 Å². The number of alkyl halides is 9. The van der Waals surface area contributed by atoms with Crippen LogP contribution in [0.1, 0.15) is 21.5 Å². The van der Waals surface area contributed by atoms with Gasteiger partial charge in [-0.15, -0.1) is 0 Å². The number of ketones is 1. The second-order valence-electron chi connectivity index (χ2n) is 9.82. The molecule has 6 aromatic rings. The Bertz CT molecular complexity index is 2140. The maximum atomic E-state index is 14.6. The number of benzene rings is 4. The van der Waals surface area contributed by atoms with Gasteiger partial charge >= 0.3 is 18.5 Å². The van der Waals surface area contributed by atoms with E-state index in [0.717, 1.165) is 24.3 Å². The molecule has 0 atom stereocenters. The lowest BCUT2D eigenvalue weighted by Gasteiger charge is -2.19. The Kier molecular flexibility index (Phi) is 6.49. The largest absolute Gasteiger partial charge is 0.497 e. The van der Waals surface area contributed by atoms with Gasteiger partial charge in [-0.25, -0.2) is 9.97 Å². The number of rotatable bonds is 3. The van der Waals surface area contributed by atoms with Crippen molar-refractivity contribution in [3.63, 3.8) is 0 Å². The molecule has 224 valence electrons. The molecule has 4 nitrogen and oxygen atoms in total. The lowest BCUT2D eigenvalue weighted by atomic mass is 9.90. The highest BCUT2D eigenvalue weighted by Gasteiger charge is 2.43. The van der Waals surface area contributed by atoms with Gasteiger partial charge in [0.15, 0.2) is 0 Å². The van der Waals surface area contributed by atoms with Gasteiger partial charge in [0.1, 0.15) is 5.75 Å². The fraction of sp³-hybridized carbons (Fsp3) is 0.129. The predicted octanol–water partition coefficient (Wildman–Crippen LogP) is 9.55. The Labute approximate surface area is 240 Å². The Morgan fingerprint density at radius 3 is 1.98 bits per heavy atom. The van der Waals surface area contributed by atoms with Crippen molar-refractivity contribution in [3.05, 3.63) is 89.5 Å². The smallest absolute Gasteiger partial charge is 0.454 e. The fourth-order valence-corrected chi connectivity index (χ4v) is 5.34. The average molecular weight is 618 g/mol. The minimum atomic E-state index is -5.60. The molecule has 0 saturated carbocycles. The molecule has 0 spiro atoms. The van der Waals surface area contributed by atoms with Gasteiger partial charge in [0, 0.05) is 38.1 Å². The molecule has 0 fully saturated rings. The highest BCUT2D eigenvalue weighted by Crippen LogP contribution is 2.46. The van der Waals surface area contributed by atoms with Crippen molar-refractivity contribution in [2.24, 2.45) is 0 Å². The van der Waals surface area contributed by atoms with E-state index in [9.17, 15) is 44.3 Å². The van der Waals surface area contributed by atoms with E-state index in [0.29, 0.717) is 6.07 Å². The van der Waals surface area contributed by atoms with E-state index in [1.54, 1.807) is 6.07 Å². The van der Waals surface area contributed by atoms with E-state index in [1.165, 1.54) is 43.5 Å². The van der Waals surface area contributed by atoms with Crippen LogP contribution in [-0.4, -0.2) is 29.0 Å². The summed E-state index contributed by atoms with van der Waals surface area (Å²) in [5.41, 5.74) is -5.41. The molecule has 0 aliphatic rings. The van der Waals surface area contributed by atoms with Crippen LogP contribution in [0.15, 0.2) is 72.8 Å². The van der Waals surface area contributed by atoms with E-state index in [1.807, 2.05) is 0 Å². The first-order valence-corrected chi connectivity index (χ1v) is 12.6. The summed E-state index contributed by atoms with van der Waals surface area (Å²) in [6, 6.07) is 13.9. The summed E-state index contributed by atoms with van der Waals surface area (Å²) in [5.74, 6) is -2.56. The molecule has 0 radical (unpaired) electrons. The third-order valence-electron chi connectivity index (χ3n) is 7.18. The Morgan fingerprint density at radius 2 is 1.36 bits per heavy atom. The summed E-state index contributed by atoms with van der Waals surface area (Å²) in [6.07, 6.45) is -15.8. The number of hydrogen-bond acceptors (Lipinski definition) is 4. The molecular weight excluding hydrogens is 603 g/mol. The predicted molar refractivity (Wildman–Crippen MR) is 144 cm³/mol. The Balaban J connectivity index is 1.89. The molecule has 0 N–H and O–H groups in total. The monoisotopic (exact) mass is 618 g/mol. The van der Waals surface area contributed by atoms with Crippen LogP contribution < -0.4 is 4.74 Å². The van der Waals surface area contributed by atoms with Gasteiger partial charge < -0.3 is 4.74 Å². The second-order valence-corrected chi connectivity index (χ2v) is 9.82. The first-order chi connectivity index (χ1) is 20.6. The zero-order valence-electron chi connectivity index (χ0n) is 22.0. The van der Waals surface area contributed by atoms with E-state index < -0.39 is 79.0 Å². The SMILES string of the molecule is COc1ccc2nc3c(cc(C(=O)C(F)(F)F)c4c3ccc3c(C(F)(F)F)cc(-c5ccccc5)nc34)c(C(F)(F)F)c2c1. The third kappa shape index (κ3) is 4.72. The molecule has 6 rings (SSSR count). The fourth-order valence-electron chi connectivity index (χ4n) is 5.34. The van der Waals surface area contributed by atoms with Gasteiger partial charge in [0.05, 0.1) is 40.5 Å². The lowest BCUT2D eigenvalue weighted by Crippen LogP contribution is -2.23. The maximum Gasteiger partial charge on any atom is 0.454 e. The summed E-state index contributed by atoms with van der Waals surface area (Å²) < 4.78 is 134. The second kappa shape index (κ2) is 9.79. The first kappa shape index (κ1) is 29.1. The molecule has 0 aliphatic heterocycles. The molecule has 4 aromatic carbocycles. The van der Waals surface area contributed by atoms with Crippen molar-refractivity contribution in [1.29, 1.82) is 0 Å². The molecule has 13 heteroatoms. The number of halogens is 9. The number of pyridine rings is 2.